The van der Waals surface area contributed by atoms with Gasteiger partial charge in [-0.05, 0) is 97.8 Å². The molecule has 0 spiro atoms. The van der Waals surface area contributed by atoms with Crippen LogP contribution in [0.5, 0.6) is 11.5 Å². The normalized spacial score (nSPS) is 17.1. The average Bonchev–Trinajstić information content (AvgIpc) is 2.94. The first-order valence-corrected chi connectivity index (χ1v) is 13.7. The van der Waals surface area contributed by atoms with Crippen molar-refractivity contribution in [1.82, 2.24) is 0 Å². The Morgan fingerprint density at radius 3 is 2.48 bits per heavy atom. The molecule has 6 nitrogen and oxygen atoms in total. The van der Waals surface area contributed by atoms with Crippen LogP contribution in [0.1, 0.15) is 53.0 Å². The van der Waals surface area contributed by atoms with E-state index in [2.05, 4.69) is 18.2 Å². The van der Waals surface area contributed by atoms with Gasteiger partial charge in [0.1, 0.15) is 23.9 Å². The number of hydrogen-bond acceptors (Lipinski definition) is 6. The Labute approximate surface area is 240 Å². The number of methoxy groups -OCH3 is 1. The lowest BCUT2D eigenvalue weighted by Gasteiger charge is -2.40. The van der Waals surface area contributed by atoms with E-state index in [1.807, 2.05) is 68.1 Å². The number of Topliss-reactive ketones (excluding diaryl/α,β-unsaturated/α-hetero) is 1. The Hall–Kier alpha value is -4.21. The summed E-state index contributed by atoms with van der Waals surface area (Å²) in [6, 6.07) is 19.6. The molecule has 0 bridgehead atoms. The van der Waals surface area contributed by atoms with Gasteiger partial charge in [0.25, 0.3) is 0 Å². The maximum Gasteiger partial charge on any atom is 0.161 e. The zero-order chi connectivity index (χ0) is 28.6. The second-order valence-electron chi connectivity index (χ2n) is 10.3. The zero-order valence-corrected chi connectivity index (χ0v) is 23.9. The monoisotopic (exact) mass is 553 g/mol. The first kappa shape index (κ1) is 27.4. The fourth-order valence-electron chi connectivity index (χ4n) is 5.73. The molecule has 1 aliphatic heterocycles. The quantitative estimate of drug-likeness (QED) is 0.348. The van der Waals surface area contributed by atoms with Crippen molar-refractivity contribution in [3.63, 3.8) is 0 Å². The summed E-state index contributed by atoms with van der Waals surface area (Å²) >= 11 is 6.47. The molecular formula is C33H32ClN3O3. The number of nitrogens with two attached hydrogens (primary N) is 1. The molecule has 40 heavy (non-hydrogen) atoms. The Bertz CT molecular complexity index is 1600. The second-order valence-corrected chi connectivity index (χ2v) is 10.7. The van der Waals surface area contributed by atoms with Crippen LogP contribution in [0.4, 0.5) is 5.69 Å². The molecule has 204 valence electrons. The SMILES string of the molecule is COc1ccc(OCc2cc(C3C(C#N)=C(N)N(c4cccc(Cl)c4C)C4=C3C(=O)CCC4)c(C)cc2C)cc1. The van der Waals surface area contributed by atoms with E-state index in [-0.39, 0.29) is 5.78 Å². The predicted octanol–water partition coefficient (Wildman–Crippen LogP) is 7.16. The third-order valence-corrected chi connectivity index (χ3v) is 8.29. The van der Waals surface area contributed by atoms with Crippen LogP contribution < -0.4 is 20.1 Å². The third kappa shape index (κ3) is 4.82. The van der Waals surface area contributed by atoms with Gasteiger partial charge in [0.05, 0.1) is 30.4 Å². The maximum atomic E-state index is 13.6. The van der Waals surface area contributed by atoms with Crippen LogP contribution in [0.3, 0.4) is 0 Å². The lowest BCUT2D eigenvalue weighted by molar-refractivity contribution is -0.116. The molecule has 1 heterocycles. The maximum absolute atomic E-state index is 13.6. The minimum Gasteiger partial charge on any atom is -0.497 e. The van der Waals surface area contributed by atoms with E-state index in [1.165, 1.54) is 0 Å². The highest BCUT2D eigenvalue weighted by Gasteiger charge is 2.41. The summed E-state index contributed by atoms with van der Waals surface area (Å²) in [7, 11) is 1.63. The van der Waals surface area contributed by atoms with Crippen LogP contribution >= 0.6 is 11.6 Å². The first-order chi connectivity index (χ1) is 19.2. The van der Waals surface area contributed by atoms with Crippen molar-refractivity contribution in [2.75, 3.05) is 12.0 Å². The molecule has 3 aromatic carbocycles. The van der Waals surface area contributed by atoms with E-state index >= 15 is 0 Å². The molecule has 1 unspecified atom stereocenters. The summed E-state index contributed by atoms with van der Waals surface area (Å²) in [5, 5.41) is 11.1. The van der Waals surface area contributed by atoms with E-state index in [0.29, 0.717) is 41.4 Å². The summed E-state index contributed by atoms with van der Waals surface area (Å²) in [6.45, 7) is 6.32. The van der Waals surface area contributed by atoms with Crippen molar-refractivity contribution < 1.29 is 14.3 Å². The van der Waals surface area contributed by atoms with Gasteiger partial charge in [0.2, 0.25) is 0 Å². The highest BCUT2D eigenvalue weighted by molar-refractivity contribution is 6.31. The fourth-order valence-corrected chi connectivity index (χ4v) is 5.90. The van der Waals surface area contributed by atoms with Gasteiger partial charge in [0, 0.05) is 22.7 Å². The largest absolute Gasteiger partial charge is 0.497 e. The Kier molecular flexibility index (Phi) is 7.60. The molecule has 2 aliphatic rings. The number of hydrogen-bond donors (Lipinski definition) is 1. The van der Waals surface area contributed by atoms with Crippen molar-refractivity contribution in [2.24, 2.45) is 5.73 Å². The highest BCUT2D eigenvalue weighted by atomic mass is 35.5. The van der Waals surface area contributed by atoms with Crippen molar-refractivity contribution in [1.29, 1.82) is 5.26 Å². The van der Waals surface area contributed by atoms with Gasteiger partial charge in [-0.25, -0.2) is 0 Å². The standard InChI is InChI=1S/C33H32ClN3O3/c1-19-15-20(2)25(16-22(19)18-40-24-13-11-23(39-4)12-14-24)31-26(17-35)33(36)37(28-8-5-7-27(34)21(28)3)29-9-6-10-30(38)32(29)31/h5,7-8,11-16,31H,6,9-10,18,36H2,1-4H3. The van der Waals surface area contributed by atoms with E-state index in [4.69, 9.17) is 26.8 Å². The molecule has 0 aromatic heterocycles. The molecular weight excluding hydrogens is 522 g/mol. The van der Waals surface area contributed by atoms with Gasteiger partial charge < -0.3 is 15.2 Å². The number of carbonyl (C=O) groups excluding carboxylic acids is 1. The number of nitriles is 1. The summed E-state index contributed by atoms with van der Waals surface area (Å²) in [5.41, 5.74) is 14.2. The van der Waals surface area contributed by atoms with E-state index in [0.717, 1.165) is 57.1 Å². The molecule has 3 aromatic rings. The van der Waals surface area contributed by atoms with Gasteiger partial charge in [-0.1, -0.05) is 29.8 Å². The number of benzene rings is 3. The number of ketones is 1. The van der Waals surface area contributed by atoms with Gasteiger partial charge >= 0.3 is 0 Å². The summed E-state index contributed by atoms with van der Waals surface area (Å²) in [5.74, 6) is 1.32. The zero-order valence-electron chi connectivity index (χ0n) is 23.2. The lowest BCUT2D eigenvalue weighted by Crippen LogP contribution is -2.39. The molecule has 0 saturated heterocycles. The van der Waals surface area contributed by atoms with E-state index in [1.54, 1.807) is 7.11 Å². The number of aryl methyl sites for hydroxylation is 2. The van der Waals surface area contributed by atoms with E-state index < -0.39 is 5.92 Å². The van der Waals surface area contributed by atoms with Crippen LogP contribution in [-0.2, 0) is 11.4 Å². The topological polar surface area (TPSA) is 88.6 Å². The van der Waals surface area contributed by atoms with Crippen molar-refractivity contribution in [3.8, 4) is 17.6 Å². The molecule has 1 atom stereocenters. The van der Waals surface area contributed by atoms with Gasteiger partial charge in [-0.2, -0.15) is 5.26 Å². The smallest absolute Gasteiger partial charge is 0.161 e. The number of anilines is 1. The molecule has 5 rings (SSSR count). The molecule has 0 fully saturated rings. The minimum absolute atomic E-state index is 0.0483. The minimum atomic E-state index is -0.552. The van der Waals surface area contributed by atoms with Crippen LogP contribution in [0, 0.1) is 32.1 Å². The molecule has 0 radical (unpaired) electrons. The molecule has 2 N–H and O–H groups in total. The van der Waals surface area contributed by atoms with Crippen molar-refractivity contribution in [3.05, 3.63) is 110 Å². The number of rotatable bonds is 6. The van der Waals surface area contributed by atoms with E-state index in [9.17, 15) is 10.1 Å². The van der Waals surface area contributed by atoms with Crippen molar-refractivity contribution >= 4 is 23.1 Å². The van der Waals surface area contributed by atoms with Crippen LogP contribution in [0.25, 0.3) is 0 Å². The third-order valence-electron chi connectivity index (χ3n) is 7.88. The average molecular weight is 554 g/mol. The second kappa shape index (κ2) is 11.1. The van der Waals surface area contributed by atoms with Crippen LogP contribution in [-0.4, -0.2) is 12.9 Å². The number of nitrogens with zero attached hydrogens (tertiary/aromatic N) is 2. The number of allylic oxidation sites excluding steroid dienone is 3. The predicted molar refractivity (Wildman–Crippen MR) is 157 cm³/mol. The first-order valence-electron chi connectivity index (χ1n) is 13.3. The highest BCUT2D eigenvalue weighted by Crippen LogP contribution is 2.48. The summed E-state index contributed by atoms with van der Waals surface area (Å²) in [4.78, 5) is 15.5. The van der Waals surface area contributed by atoms with Crippen LogP contribution in [0.2, 0.25) is 5.02 Å². The van der Waals surface area contributed by atoms with Gasteiger partial charge in [0.15, 0.2) is 5.78 Å². The molecule has 7 heteroatoms. The molecule has 0 saturated carbocycles. The number of halogens is 1. The molecule has 0 amide bonds. The summed E-state index contributed by atoms with van der Waals surface area (Å²) in [6.07, 6.45) is 1.85. The molecule has 1 aliphatic carbocycles. The van der Waals surface area contributed by atoms with Gasteiger partial charge in [-0.3, -0.25) is 9.69 Å². The number of ether oxygens (including phenoxy) is 2. The Morgan fingerprint density at radius 2 is 1.77 bits per heavy atom. The lowest BCUT2D eigenvalue weighted by atomic mass is 9.74. The Morgan fingerprint density at radius 1 is 1.05 bits per heavy atom. The number of carbonyl (C=O) groups is 1. The van der Waals surface area contributed by atoms with Gasteiger partial charge in [-0.15, -0.1) is 0 Å². The van der Waals surface area contributed by atoms with Crippen molar-refractivity contribution in [2.45, 2.75) is 52.6 Å². The Balaban J connectivity index is 1.61. The summed E-state index contributed by atoms with van der Waals surface area (Å²) < 4.78 is 11.3. The fraction of sp³-hybridized carbons (Fsp3) is 0.273. The van der Waals surface area contributed by atoms with Crippen LogP contribution in [0.15, 0.2) is 77.3 Å².